The summed E-state index contributed by atoms with van der Waals surface area (Å²) in [5.74, 6) is -0.117. The van der Waals surface area contributed by atoms with Crippen molar-refractivity contribution in [3.63, 3.8) is 0 Å². The Morgan fingerprint density at radius 3 is 1.36 bits per heavy atom. The molecule has 6 nitrogen and oxygen atoms in total. The van der Waals surface area contributed by atoms with Crippen LogP contribution in [0.3, 0.4) is 0 Å². The first-order chi connectivity index (χ1) is 28.5. The lowest BCUT2D eigenvalue weighted by molar-refractivity contribution is -0.143. The number of amides is 1. The van der Waals surface area contributed by atoms with Crippen LogP contribution in [0.15, 0.2) is 36.5 Å². The maximum Gasteiger partial charge on any atom is 0.305 e. The van der Waals surface area contributed by atoms with Crippen molar-refractivity contribution in [3.8, 4) is 0 Å². The second-order valence-corrected chi connectivity index (χ2v) is 17.1. The number of carbonyl (C=O) groups is 2. The second-order valence-electron chi connectivity index (χ2n) is 17.1. The van der Waals surface area contributed by atoms with Gasteiger partial charge in [0.2, 0.25) is 5.91 Å². The molecule has 6 heteroatoms. The fraction of sp³-hybridized carbons (Fsp3) is 0.846. The number of allylic oxidation sites excluding steroid dienone is 6. The Hall–Kier alpha value is -1.92. The molecule has 1 amide bonds. The first kappa shape index (κ1) is 56.1. The van der Waals surface area contributed by atoms with Crippen LogP contribution in [-0.2, 0) is 14.3 Å². The number of carbonyl (C=O) groups excluding carboxylic acids is 2. The molecule has 2 unspecified atom stereocenters. The molecule has 0 aromatic rings. The van der Waals surface area contributed by atoms with E-state index >= 15 is 0 Å². The van der Waals surface area contributed by atoms with E-state index in [-0.39, 0.29) is 18.5 Å². The fourth-order valence-corrected chi connectivity index (χ4v) is 7.49. The molecule has 0 heterocycles. The van der Waals surface area contributed by atoms with Crippen molar-refractivity contribution in [3.05, 3.63) is 36.5 Å². The maximum absolute atomic E-state index is 12.4. The van der Waals surface area contributed by atoms with Gasteiger partial charge in [0.25, 0.3) is 0 Å². The van der Waals surface area contributed by atoms with Gasteiger partial charge in [-0.2, -0.15) is 0 Å². The lowest BCUT2D eigenvalue weighted by Crippen LogP contribution is -2.45. The predicted octanol–water partition coefficient (Wildman–Crippen LogP) is 14.9. The minimum atomic E-state index is -0.686. The molecular formula is C52H97NO5. The number of aliphatic hydroxyl groups excluding tert-OH is 2. The molecule has 0 aliphatic heterocycles. The van der Waals surface area contributed by atoms with E-state index < -0.39 is 12.1 Å². The SMILES string of the molecule is CCCCC/C=C\C/C=C\CCCCCCCCCC(=O)OCCCC/C=C\CCCCCCC(=O)NC(CO)C(O)CCCCCCCCCCCCCCCC. The highest BCUT2D eigenvalue weighted by Crippen LogP contribution is 2.15. The lowest BCUT2D eigenvalue weighted by Gasteiger charge is -2.22. The van der Waals surface area contributed by atoms with Crippen molar-refractivity contribution in [1.29, 1.82) is 0 Å². The number of ether oxygens (including phenoxy) is 1. The van der Waals surface area contributed by atoms with Crippen LogP contribution >= 0.6 is 0 Å². The number of nitrogens with one attached hydrogen (secondary N) is 1. The van der Waals surface area contributed by atoms with E-state index in [1.807, 2.05) is 0 Å². The average molecular weight is 816 g/mol. The minimum Gasteiger partial charge on any atom is -0.466 e. The molecule has 58 heavy (non-hydrogen) atoms. The Bertz CT molecular complexity index is 946. The largest absolute Gasteiger partial charge is 0.466 e. The molecule has 340 valence electrons. The highest BCUT2D eigenvalue weighted by Gasteiger charge is 2.20. The molecule has 3 N–H and O–H groups in total. The Morgan fingerprint density at radius 2 is 0.862 bits per heavy atom. The molecule has 0 aliphatic rings. The summed E-state index contributed by atoms with van der Waals surface area (Å²) < 4.78 is 5.43. The van der Waals surface area contributed by atoms with Gasteiger partial charge in [0.15, 0.2) is 0 Å². The molecule has 0 aliphatic carbocycles. The summed E-state index contributed by atoms with van der Waals surface area (Å²) in [6.45, 7) is 4.83. The van der Waals surface area contributed by atoms with Crippen LogP contribution in [0.2, 0.25) is 0 Å². The van der Waals surface area contributed by atoms with Crippen molar-refractivity contribution < 1.29 is 24.5 Å². The van der Waals surface area contributed by atoms with Gasteiger partial charge in [0.05, 0.1) is 25.4 Å². The first-order valence-electron chi connectivity index (χ1n) is 25.2. The third kappa shape index (κ3) is 43.7. The van der Waals surface area contributed by atoms with Gasteiger partial charge >= 0.3 is 5.97 Å². The summed E-state index contributed by atoms with van der Waals surface area (Å²) in [6.07, 6.45) is 56.8. The van der Waals surface area contributed by atoms with Crippen LogP contribution in [-0.4, -0.2) is 47.4 Å². The summed E-state index contributed by atoms with van der Waals surface area (Å²) in [6, 6.07) is -0.567. The van der Waals surface area contributed by atoms with Crippen molar-refractivity contribution >= 4 is 11.9 Å². The van der Waals surface area contributed by atoms with E-state index in [0.717, 1.165) is 83.5 Å². The Balaban J connectivity index is 3.53. The summed E-state index contributed by atoms with van der Waals surface area (Å²) in [5, 5.41) is 23.2. The first-order valence-corrected chi connectivity index (χ1v) is 25.2. The van der Waals surface area contributed by atoms with Crippen molar-refractivity contribution in [2.45, 2.75) is 270 Å². The van der Waals surface area contributed by atoms with Crippen LogP contribution in [0.5, 0.6) is 0 Å². The molecule has 0 saturated heterocycles. The molecule has 0 bridgehead atoms. The van der Waals surface area contributed by atoms with Crippen LogP contribution in [0.4, 0.5) is 0 Å². The highest BCUT2D eigenvalue weighted by atomic mass is 16.5. The second kappa shape index (κ2) is 47.8. The van der Waals surface area contributed by atoms with E-state index in [1.165, 1.54) is 141 Å². The molecular weight excluding hydrogens is 719 g/mol. The molecule has 0 rings (SSSR count). The quantitative estimate of drug-likeness (QED) is 0.0323. The maximum atomic E-state index is 12.4. The van der Waals surface area contributed by atoms with E-state index in [1.54, 1.807) is 0 Å². The zero-order valence-electron chi connectivity index (χ0n) is 38.5. The Labute approximate surface area is 360 Å². The predicted molar refractivity (Wildman–Crippen MR) is 250 cm³/mol. The molecule has 0 fully saturated rings. The molecule has 0 aromatic heterocycles. The van der Waals surface area contributed by atoms with Gasteiger partial charge in [-0.1, -0.05) is 198 Å². The number of rotatable bonds is 46. The fourth-order valence-electron chi connectivity index (χ4n) is 7.49. The van der Waals surface area contributed by atoms with Gasteiger partial charge in [-0.05, 0) is 83.5 Å². The highest BCUT2D eigenvalue weighted by molar-refractivity contribution is 5.76. The summed E-state index contributed by atoms with van der Waals surface area (Å²) in [7, 11) is 0. The van der Waals surface area contributed by atoms with Gasteiger partial charge in [0.1, 0.15) is 0 Å². The van der Waals surface area contributed by atoms with Gasteiger partial charge in [0, 0.05) is 12.8 Å². The van der Waals surface area contributed by atoms with Crippen molar-refractivity contribution in [1.82, 2.24) is 5.32 Å². The van der Waals surface area contributed by atoms with E-state index in [2.05, 4.69) is 55.6 Å². The van der Waals surface area contributed by atoms with Crippen LogP contribution in [0.1, 0.15) is 258 Å². The lowest BCUT2D eigenvalue weighted by atomic mass is 10.0. The summed E-state index contributed by atoms with van der Waals surface area (Å²) in [4.78, 5) is 24.5. The molecule has 0 radical (unpaired) electrons. The zero-order valence-corrected chi connectivity index (χ0v) is 38.5. The Kier molecular flexibility index (Phi) is 46.2. The minimum absolute atomic E-state index is 0.0446. The number of esters is 1. The normalized spacial score (nSPS) is 13.0. The van der Waals surface area contributed by atoms with Gasteiger partial charge in [-0.25, -0.2) is 0 Å². The van der Waals surface area contributed by atoms with E-state index in [9.17, 15) is 19.8 Å². The standard InChI is InChI=1S/C52H97NO5/c1-3-5-7-9-11-13-15-17-19-20-21-23-25-30-34-38-42-46-52(57)58-47-43-39-35-31-27-26-29-33-37-41-45-51(56)53-49(48-54)50(55)44-40-36-32-28-24-22-18-16-14-12-10-8-6-4-2/h11,13,17,19,27,31,49-50,54-55H,3-10,12,14-16,18,20-26,28-30,32-48H2,1-2H3,(H,53,56)/b13-11-,19-17-,31-27-. The van der Waals surface area contributed by atoms with Crippen LogP contribution in [0.25, 0.3) is 0 Å². The van der Waals surface area contributed by atoms with Crippen LogP contribution in [0, 0.1) is 0 Å². The third-order valence-corrected chi connectivity index (χ3v) is 11.4. The smallest absolute Gasteiger partial charge is 0.305 e. The molecule has 0 spiro atoms. The number of hydrogen-bond donors (Lipinski definition) is 3. The van der Waals surface area contributed by atoms with E-state index in [0.29, 0.717) is 25.9 Å². The molecule has 0 aromatic carbocycles. The Morgan fingerprint density at radius 1 is 0.483 bits per heavy atom. The average Bonchev–Trinajstić information content (AvgIpc) is 3.22. The number of aliphatic hydroxyl groups is 2. The topological polar surface area (TPSA) is 95.9 Å². The summed E-state index contributed by atoms with van der Waals surface area (Å²) in [5.41, 5.74) is 0. The van der Waals surface area contributed by atoms with Crippen molar-refractivity contribution in [2.75, 3.05) is 13.2 Å². The van der Waals surface area contributed by atoms with Gasteiger partial charge in [-0.15, -0.1) is 0 Å². The molecule has 0 saturated carbocycles. The zero-order chi connectivity index (χ0) is 42.3. The number of hydrogen-bond acceptors (Lipinski definition) is 5. The van der Waals surface area contributed by atoms with Crippen LogP contribution < -0.4 is 5.32 Å². The monoisotopic (exact) mass is 816 g/mol. The van der Waals surface area contributed by atoms with Gasteiger partial charge in [-0.3, -0.25) is 9.59 Å². The van der Waals surface area contributed by atoms with Crippen molar-refractivity contribution in [2.24, 2.45) is 0 Å². The molecule has 2 atom stereocenters. The van der Waals surface area contributed by atoms with E-state index in [4.69, 9.17) is 4.74 Å². The third-order valence-electron chi connectivity index (χ3n) is 11.4. The van der Waals surface area contributed by atoms with Gasteiger partial charge < -0.3 is 20.3 Å². The summed E-state index contributed by atoms with van der Waals surface area (Å²) >= 11 is 0. The number of unbranched alkanes of at least 4 members (excludes halogenated alkanes) is 29.